The van der Waals surface area contributed by atoms with Crippen LogP contribution in [0.15, 0.2) is 0 Å². The minimum atomic E-state index is -0.0876. The van der Waals surface area contributed by atoms with Gasteiger partial charge in [-0.3, -0.25) is 4.79 Å². The second kappa shape index (κ2) is 14.8. The lowest BCUT2D eigenvalue weighted by molar-refractivity contribution is -0.140. The second-order valence-electron chi connectivity index (χ2n) is 4.49. The van der Waals surface area contributed by atoms with Gasteiger partial charge in [-0.05, 0) is 18.6 Å². The van der Waals surface area contributed by atoms with Gasteiger partial charge in [0.1, 0.15) is 0 Å². The molecule has 4 heteroatoms. The summed E-state index contributed by atoms with van der Waals surface area (Å²) in [5.74, 6) is 1.97. The number of rotatable bonds is 13. The third kappa shape index (κ3) is 13.8. The number of esters is 1. The van der Waals surface area contributed by atoms with Gasteiger partial charge < -0.3 is 9.84 Å². The zero-order valence-corrected chi connectivity index (χ0v) is 12.5. The zero-order valence-electron chi connectivity index (χ0n) is 11.7. The summed E-state index contributed by atoms with van der Waals surface area (Å²) in [5.41, 5.74) is 0. The molecule has 0 atom stereocenters. The number of unbranched alkanes of at least 4 members (excludes halogenated alkanes) is 7. The number of hydrogen-bond donors (Lipinski definition) is 1. The van der Waals surface area contributed by atoms with Gasteiger partial charge in [0, 0.05) is 12.2 Å². The maximum absolute atomic E-state index is 10.9. The number of methoxy groups -OCH3 is 1. The van der Waals surface area contributed by atoms with Crippen LogP contribution in [0.4, 0.5) is 0 Å². The minimum absolute atomic E-state index is 0.0876. The molecule has 0 aromatic heterocycles. The molecule has 0 aromatic carbocycles. The van der Waals surface area contributed by atoms with E-state index in [1.807, 2.05) is 11.8 Å². The van der Waals surface area contributed by atoms with Crippen LogP contribution in [0.5, 0.6) is 0 Å². The van der Waals surface area contributed by atoms with Crippen molar-refractivity contribution in [3.63, 3.8) is 0 Å². The largest absolute Gasteiger partial charge is 0.469 e. The predicted octanol–water partition coefficient (Wildman–Crippen LogP) is 3.40. The molecule has 3 nitrogen and oxygen atoms in total. The van der Waals surface area contributed by atoms with Crippen molar-refractivity contribution in [3.8, 4) is 0 Å². The van der Waals surface area contributed by atoms with Gasteiger partial charge in [0.2, 0.25) is 0 Å². The van der Waals surface area contributed by atoms with Crippen molar-refractivity contribution in [1.82, 2.24) is 0 Å². The van der Waals surface area contributed by atoms with Crippen LogP contribution >= 0.6 is 11.8 Å². The molecule has 108 valence electrons. The normalized spacial score (nSPS) is 10.6. The van der Waals surface area contributed by atoms with Crippen molar-refractivity contribution in [1.29, 1.82) is 0 Å². The lowest BCUT2D eigenvalue weighted by Crippen LogP contribution is -1.99. The Morgan fingerprint density at radius 2 is 1.50 bits per heavy atom. The molecular formula is C14H28O3S. The highest BCUT2D eigenvalue weighted by molar-refractivity contribution is 7.99. The Labute approximate surface area is 116 Å². The van der Waals surface area contributed by atoms with Crippen molar-refractivity contribution in [3.05, 3.63) is 0 Å². The molecule has 18 heavy (non-hydrogen) atoms. The molecule has 0 spiro atoms. The van der Waals surface area contributed by atoms with E-state index in [0.29, 0.717) is 13.0 Å². The number of aliphatic hydroxyl groups is 1. The highest BCUT2D eigenvalue weighted by Crippen LogP contribution is 2.11. The average Bonchev–Trinajstić information content (AvgIpc) is 2.39. The standard InChI is InChI=1S/C14H28O3S/c1-17-14(16)10-8-6-4-2-3-5-7-9-12-18-13-11-15/h15H,2-13H2,1H3. The van der Waals surface area contributed by atoms with Crippen molar-refractivity contribution in [2.24, 2.45) is 0 Å². The first-order valence-electron chi connectivity index (χ1n) is 7.06. The summed E-state index contributed by atoms with van der Waals surface area (Å²) < 4.78 is 4.59. The summed E-state index contributed by atoms with van der Waals surface area (Å²) >= 11 is 1.84. The molecule has 0 heterocycles. The molecule has 0 saturated heterocycles. The predicted molar refractivity (Wildman–Crippen MR) is 78.0 cm³/mol. The molecular weight excluding hydrogens is 248 g/mol. The van der Waals surface area contributed by atoms with Gasteiger partial charge in [0.15, 0.2) is 0 Å². The highest BCUT2D eigenvalue weighted by Gasteiger charge is 1.99. The van der Waals surface area contributed by atoms with Crippen LogP contribution < -0.4 is 0 Å². The molecule has 0 aliphatic heterocycles. The molecule has 0 amide bonds. The SMILES string of the molecule is COC(=O)CCCCCCCCCCSCCO. The molecule has 0 aliphatic carbocycles. The van der Waals surface area contributed by atoms with Crippen LogP contribution in [0.2, 0.25) is 0 Å². The number of ether oxygens (including phenoxy) is 1. The summed E-state index contributed by atoms with van der Waals surface area (Å²) in [4.78, 5) is 10.9. The summed E-state index contributed by atoms with van der Waals surface area (Å²) in [6, 6.07) is 0. The van der Waals surface area contributed by atoms with E-state index in [-0.39, 0.29) is 5.97 Å². The molecule has 0 bridgehead atoms. The van der Waals surface area contributed by atoms with Crippen molar-refractivity contribution in [2.45, 2.75) is 57.8 Å². The summed E-state index contributed by atoms with van der Waals surface area (Å²) in [5, 5.41) is 8.61. The van der Waals surface area contributed by atoms with Crippen molar-refractivity contribution in [2.75, 3.05) is 25.2 Å². The number of aliphatic hydroxyl groups excluding tert-OH is 1. The van der Waals surface area contributed by atoms with E-state index in [9.17, 15) is 4.79 Å². The Hall–Kier alpha value is -0.220. The van der Waals surface area contributed by atoms with Gasteiger partial charge in [-0.2, -0.15) is 11.8 Å². The third-order valence-corrected chi connectivity index (χ3v) is 3.93. The monoisotopic (exact) mass is 276 g/mol. The van der Waals surface area contributed by atoms with E-state index in [0.717, 1.165) is 18.6 Å². The maximum Gasteiger partial charge on any atom is 0.305 e. The molecule has 0 rings (SSSR count). The van der Waals surface area contributed by atoms with Crippen LogP contribution in [0.3, 0.4) is 0 Å². The van der Waals surface area contributed by atoms with Crippen molar-refractivity contribution >= 4 is 17.7 Å². The van der Waals surface area contributed by atoms with Crippen LogP contribution in [0.1, 0.15) is 57.8 Å². The molecule has 0 saturated carbocycles. The molecule has 0 unspecified atom stereocenters. The van der Waals surface area contributed by atoms with Crippen LogP contribution in [0, 0.1) is 0 Å². The van der Waals surface area contributed by atoms with E-state index in [1.54, 1.807) is 0 Å². The van der Waals surface area contributed by atoms with Gasteiger partial charge in [0.25, 0.3) is 0 Å². The fourth-order valence-corrected chi connectivity index (χ4v) is 2.54. The smallest absolute Gasteiger partial charge is 0.305 e. The van der Waals surface area contributed by atoms with Gasteiger partial charge in [-0.15, -0.1) is 0 Å². The topological polar surface area (TPSA) is 46.5 Å². The highest BCUT2D eigenvalue weighted by atomic mass is 32.2. The Kier molecular flexibility index (Phi) is 14.7. The number of thioether (sulfide) groups is 1. The maximum atomic E-state index is 10.9. The third-order valence-electron chi connectivity index (χ3n) is 2.88. The Bertz CT molecular complexity index is 186. The number of carbonyl (C=O) groups excluding carboxylic acids is 1. The lowest BCUT2D eigenvalue weighted by atomic mass is 10.1. The van der Waals surface area contributed by atoms with E-state index in [4.69, 9.17) is 5.11 Å². The molecule has 1 N–H and O–H groups in total. The van der Waals surface area contributed by atoms with Crippen LogP contribution in [-0.4, -0.2) is 36.3 Å². The van der Waals surface area contributed by atoms with Crippen LogP contribution in [0.25, 0.3) is 0 Å². The lowest BCUT2D eigenvalue weighted by Gasteiger charge is -2.02. The van der Waals surface area contributed by atoms with Gasteiger partial charge in [0.05, 0.1) is 13.7 Å². The Morgan fingerprint density at radius 1 is 0.944 bits per heavy atom. The average molecular weight is 276 g/mol. The number of carbonyl (C=O) groups is 1. The van der Waals surface area contributed by atoms with Gasteiger partial charge in [-0.1, -0.05) is 38.5 Å². The molecule has 0 radical (unpaired) electrons. The van der Waals surface area contributed by atoms with Gasteiger partial charge in [-0.25, -0.2) is 0 Å². The van der Waals surface area contributed by atoms with E-state index in [1.165, 1.54) is 51.4 Å². The van der Waals surface area contributed by atoms with E-state index in [2.05, 4.69) is 4.74 Å². The summed E-state index contributed by atoms with van der Waals surface area (Å²) in [7, 11) is 1.45. The zero-order chi connectivity index (χ0) is 13.5. The molecule has 0 aliphatic rings. The summed E-state index contributed by atoms with van der Waals surface area (Å²) in [6.45, 7) is 0.302. The number of hydrogen-bond acceptors (Lipinski definition) is 4. The van der Waals surface area contributed by atoms with Gasteiger partial charge >= 0.3 is 5.97 Å². The first kappa shape index (κ1) is 17.8. The minimum Gasteiger partial charge on any atom is -0.469 e. The summed E-state index contributed by atoms with van der Waals surface area (Å²) in [6.07, 6.45) is 10.4. The Morgan fingerprint density at radius 3 is 2.06 bits per heavy atom. The second-order valence-corrected chi connectivity index (χ2v) is 5.72. The van der Waals surface area contributed by atoms with E-state index < -0.39 is 0 Å². The molecule has 0 fully saturated rings. The van der Waals surface area contributed by atoms with E-state index >= 15 is 0 Å². The quantitative estimate of drug-likeness (QED) is 0.414. The fourth-order valence-electron chi connectivity index (χ4n) is 1.80. The first-order valence-corrected chi connectivity index (χ1v) is 8.22. The molecule has 0 aromatic rings. The fraction of sp³-hybridized carbons (Fsp3) is 0.929. The van der Waals surface area contributed by atoms with Crippen molar-refractivity contribution < 1.29 is 14.6 Å². The first-order chi connectivity index (χ1) is 8.81. The van der Waals surface area contributed by atoms with Crippen LogP contribution in [-0.2, 0) is 9.53 Å². The Balaban J connectivity index is 2.97.